The Hall–Kier alpha value is -1.99. The van der Waals surface area contributed by atoms with Crippen molar-refractivity contribution in [3.05, 3.63) is 35.6 Å². The summed E-state index contributed by atoms with van der Waals surface area (Å²) >= 11 is 0. The summed E-state index contributed by atoms with van der Waals surface area (Å²) in [5, 5.41) is 2.98. The largest absolute Gasteiger partial charge is 0.468 e. The monoisotopic (exact) mass is 321 g/mol. The Kier molecular flexibility index (Phi) is 4.58. The van der Waals surface area contributed by atoms with Crippen molar-refractivity contribution in [1.29, 1.82) is 0 Å². The minimum atomic E-state index is -0.393. The predicted molar refractivity (Wildman–Crippen MR) is 80.9 cm³/mol. The molecule has 4 atom stereocenters. The summed E-state index contributed by atoms with van der Waals surface area (Å²) in [4.78, 5) is 24.0. The number of hydrogen-bond donors (Lipinski definition) is 3. The van der Waals surface area contributed by atoms with Crippen molar-refractivity contribution < 1.29 is 18.7 Å². The van der Waals surface area contributed by atoms with E-state index in [1.54, 1.807) is 0 Å². The van der Waals surface area contributed by atoms with Crippen LogP contribution in [0.5, 0.6) is 0 Å². The van der Waals surface area contributed by atoms with Gasteiger partial charge in [0.1, 0.15) is 11.9 Å². The molecule has 1 saturated heterocycles. The van der Waals surface area contributed by atoms with Crippen molar-refractivity contribution in [1.82, 2.24) is 16.2 Å². The lowest BCUT2D eigenvalue weighted by molar-refractivity contribution is -0.144. The maximum Gasteiger partial charge on any atom is 0.324 e. The van der Waals surface area contributed by atoms with Crippen LogP contribution in [0.25, 0.3) is 0 Å². The summed E-state index contributed by atoms with van der Waals surface area (Å²) in [6.07, 6.45) is 2.38. The predicted octanol–water partition coefficient (Wildman–Crippen LogP) is 0.742. The van der Waals surface area contributed by atoms with Crippen molar-refractivity contribution in [3.63, 3.8) is 0 Å². The highest BCUT2D eigenvalue weighted by Crippen LogP contribution is 2.31. The van der Waals surface area contributed by atoms with Crippen molar-refractivity contribution in [3.8, 4) is 0 Å². The average Bonchev–Trinajstić information content (AvgIpc) is 2.98. The first-order valence-corrected chi connectivity index (χ1v) is 7.74. The molecule has 1 aromatic carbocycles. The molecule has 124 valence electrons. The van der Waals surface area contributed by atoms with Gasteiger partial charge in [0, 0.05) is 23.6 Å². The van der Waals surface area contributed by atoms with E-state index in [1.807, 2.05) is 0 Å². The van der Waals surface area contributed by atoms with E-state index in [9.17, 15) is 14.0 Å². The zero-order valence-electron chi connectivity index (χ0n) is 12.8. The molecule has 3 rings (SSSR count). The van der Waals surface area contributed by atoms with Crippen molar-refractivity contribution in [2.75, 3.05) is 7.11 Å². The van der Waals surface area contributed by atoms with E-state index in [-0.39, 0.29) is 35.7 Å². The third-order valence-electron chi connectivity index (χ3n) is 4.65. The van der Waals surface area contributed by atoms with Crippen LogP contribution in [0.3, 0.4) is 0 Å². The molecule has 1 heterocycles. The minimum Gasteiger partial charge on any atom is -0.468 e. The fourth-order valence-corrected chi connectivity index (χ4v) is 3.42. The van der Waals surface area contributed by atoms with Crippen LogP contribution in [0.2, 0.25) is 0 Å². The van der Waals surface area contributed by atoms with Crippen molar-refractivity contribution in [2.24, 2.45) is 5.92 Å². The van der Waals surface area contributed by atoms with Crippen LogP contribution in [0.4, 0.5) is 4.39 Å². The van der Waals surface area contributed by atoms with Gasteiger partial charge in [-0.05, 0) is 43.5 Å². The first-order chi connectivity index (χ1) is 11.1. The smallest absolute Gasteiger partial charge is 0.324 e. The highest BCUT2D eigenvalue weighted by molar-refractivity contribution is 5.94. The molecule has 2 fully saturated rings. The summed E-state index contributed by atoms with van der Waals surface area (Å²) in [5.41, 5.74) is 6.54. The van der Waals surface area contributed by atoms with Crippen LogP contribution in [0.15, 0.2) is 24.3 Å². The van der Waals surface area contributed by atoms with Crippen LogP contribution in [-0.2, 0) is 9.53 Å². The summed E-state index contributed by atoms with van der Waals surface area (Å²) in [6.45, 7) is 0. The average molecular weight is 321 g/mol. The third kappa shape index (κ3) is 3.35. The first-order valence-electron chi connectivity index (χ1n) is 7.74. The molecule has 4 unspecified atom stereocenters. The quantitative estimate of drug-likeness (QED) is 0.716. The van der Waals surface area contributed by atoms with Gasteiger partial charge in [-0.1, -0.05) is 0 Å². The Labute approximate surface area is 133 Å². The third-order valence-corrected chi connectivity index (χ3v) is 4.65. The number of halogens is 1. The van der Waals surface area contributed by atoms with E-state index in [0.29, 0.717) is 12.0 Å². The van der Waals surface area contributed by atoms with Crippen LogP contribution in [0, 0.1) is 11.7 Å². The van der Waals surface area contributed by atoms with Crippen molar-refractivity contribution >= 4 is 11.9 Å². The number of ether oxygens (including phenoxy) is 1. The molecule has 0 spiro atoms. The Bertz CT molecular complexity index is 593. The lowest BCUT2D eigenvalue weighted by Crippen LogP contribution is -2.46. The van der Waals surface area contributed by atoms with Crippen LogP contribution in [0.1, 0.15) is 29.6 Å². The lowest BCUT2D eigenvalue weighted by Gasteiger charge is -2.32. The maximum atomic E-state index is 12.9. The number of hydrogen-bond acceptors (Lipinski definition) is 5. The van der Waals surface area contributed by atoms with E-state index in [0.717, 1.165) is 12.8 Å². The number of carbonyl (C=O) groups excluding carboxylic acids is 2. The summed E-state index contributed by atoms with van der Waals surface area (Å²) in [7, 11) is 1.37. The number of nitrogens with one attached hydrogen (secondary N) is 3. The van der Waals surface area contributed by atoms with E-state index >= 15 is 0 Å². The number of benzene rings is 1. The Morgan fingerprint density at radius 3 is 2.65 bits per heavy atom. The SMILES string of the molecule is COC(=O)C1NNC2CCC(NC(=O)c3ccc(F)cc3)CC21. The second-order valence-electron chi connectivity index (χ2n) is 6.05. The number of rotatable bonds is 3. The molecule has 1 aromatic rings. The minimum absolute atomic E-state index is 0.0114. The van der Waals surface area contributed by atoms with Crippen molar-refractivity contribution in [2.45, 2.75) is 37.4 Å². The number of fused-ring (bicyclic) bond motifs is 1. The van der Waals surface area contributed by atoms with E-state index in [4.69, 9.17) is 4.74 Å². The number of esters is 1. The van der Waals surface area contributed by atoms with Crippen LogP contribution in [-0.4, -0.2) is 37.1 Å². The number of methoxy groups -OCH3 is 1. The second kappa shape index (κ2) is 6.64. The van der Waals surface area contributed by atoms with Gasteiger partial charge in [-0.2, -0.15) is 0 Å². The van der Waals surface area contributed by atoms with E-state index < -0.39 is 6.04 Å². The molecule has 1 saturated carbocycles. The van der Waals surface area contributed by atoms with Gasteiger partial charge in [-0.3, -0.25) is 15.0 Å². The Morgan fingerprint density at radius 1 is 1.22 bits per heavy atom. The van der Waals surface area contributed by atoms with Gasteiger partial charge in [0.05, 0.1) is 7.11 Å². The number of amides is 1. The van der Waals surface area contributed by atoms with Gasteiger partial charge >= 0.3 is 5.97 Å². The Balaban J connectivity index is 1.62. The molecule has 1 aliphatic heterocycles. The normalized spacial score (nSPS) is 29.7. The zero-order chi connectivity index (χ0) is 16.4. The van der Waals surface area contributed by atoms with Gasteiger partial charge < -0.3 is 10.1 Å². The van der Waals surface area contributed by atoms with Crippen LogP contribution < -0.4 is 16.2 Å². The fraction of sp³-hybridized carbons (Fsp3) is 0.500. The van der Waals surface area contributed by atoms with Gasteiger partial charge in [0.25, 0.3) is 5.91 Å². The summed E-state index contributed by atoms with van der Waals surface area (Å²) in [6, 6.07) is 5.27. The lowest BCUT2D eigenvalue weighted by atomic mass is 9.79. The Morgan fingerprint density at radius 2 is 1.96 bits per heavy atom. The molecule has 6 nitrogen and oxygen atoms in total. The summed E-state index contributed by atoms with van der Waals surface area (Å²) < 4.78 is 17.7. The first kappa shape index (κ1) is 15.9. The molecule has 0 aromatic heterocycles. The molecule has 23 heavy (non-hydrogen) atoms. The van der Waals surface area contributed by atoms with Crippen LogP contribution >= 0.6 is 0 Å². The molecule has 2 aliphatic rings. The van der Waals surface area contributed by atoms with Gasteiger partial charge in [0.2, 0.25) is 0 Å². The van der Waals surface area contributed by atoms with E-state index in [2.05, 4.69) is 16.2 Å². The number of hydrazine groups is 1. The zero-order valence-corrected chi connectivity index (χ0v) is 12.8. The molecule has 0 bridgehead atoms. The molecule has 1 aliphatic carbocycles. The second-order valence-corrected chi connectivity index (χ2v) is 6.05. The van der Waals surface area contributed by atoms with Gasteiger partial charge in [-0.15, -0.1) is 0 Å². The highest BCUT2D eigenvalue weighted by atomic mass is 19.1. The van der Waals surface area contributed by atoms with Gasteiger partial charge in [0.15, 0.2) is 0 Å². The molecular formula is C16H20FN3O3. The molecular weight excluding hydrogens is 301 g/mol. The topological polar surface area (TPSA) is 79.5 Å². The van der Waals surface area contributed by atoms with E-state index in [1.165, 1.54) is 31.4 Å². The fourth-order valence-electron chi connectivity index (χ4n) is 3.42. The number of carbonyl (C=O) groups is 2. The molecule has 0 radical (unpaired) electrons. The summed E-state index contributed by atoms with van der Waals surface area (Å²) in [5.74, 6) is -0.807. The standard InChI is InChI=1S/C16H20FN3O3/c1-23-16(22)14-12-8-11(6-7-13(12)19-20-14)18-15(21)9-2-4-10(17)5-3-9/h2-5,11-14,19-20H,6-8H2,1H3,(H,18,21). The maximum absolute atomic E-state index is 12.9. The highest BCUT2D eigenvalue weighted by Gasteiger charge is 2.44. The van der Waals surface area contributed by atoms with Gasteiger partial charge in [-0.25, -0.2) is 9.82 Å². The molecule has 1 amide bonds. The molecule has 3 N–H and O–H groups in total. The molecule has 7 heteroatoms.